The Morgan fingerprint density at radius 2 is 2.29 bits per heavy atom. The molecule has 17 heavy (non-hydrogen) atoms. The highest BCUT2D eigenvalue weighted by Gasteiger charge is 2.20. The highest BCUT2D eigenvalue weighted by molar-refractivity contribution is 7.80. The standard InChI is InChI=1S/C11H16N4OS/c1-7-6-8(2-5-16-7)15-11-9(10(12)17)13-3-4-14-11/h3-4,7-8H,2,5-6H2,1H3,(H2,12,17)(H,14,15). The lowest BCUT2D eigenvalue weighted by Crippen LogP contribution is -2.33. The Bertz CT molecular complexity index is 412. The first-order valence-corrected chi connectivity index (χ1v) is 6.06. The summed E-state index contributed by atoms with van der Waals surface area (Å²) >= 11 is 4.95. The number of ether oxygens (including phenoxy) is 1. The van der Waals surface area contributed by atoms with Gasteiger partial charge < -0.3 is 15.8 Å². The van der Waals surface area contributed by atoms with Gasteiger partial charge in [0.05, 0.1) is 6.10 Å². The first kappa shape index (κ1) is 12.2. The molecule has 0 bridgehead atoms. The van der Waals surface area contributed by atoms with Crippen LogP contribution in [0.15, 0.2) is 12.4 Å². The fourth-order valence-corrected chi connectivity index (χ4v) is 2.10. The molecule has 2 rings (SSSR count). The monoisotopic (exact) mass is 252 g/mol. The molecule has 0 aromatic carbocycles. The fourth-order valence-electron chi connectivity index (χ4n) is 1.95. The van der Waals surface area contributed by atoms with Crippen molar-refractivity contribution in [1.82, 2.24) is 9.97 Å². The van der Waals surface area contributed by atoms with Crippen molar-refractivity contribution in [2.24, 2.45) is 5.73 Å². The van der Waals surface area contributed by atoms with E-state index in [0.717, 1.165) is 19.4 Å². The third-order valence-corrected chi connectivity index (χ3v) is 2.95. The molecule has 6 heteroatoms. The average molecular weight is 252 g/mol. The number of nitrogens with one attached hydrogen (secondary N) is 1. The molecule has 0 amide bonds. The topological polar surface area (TPSA) is 73.1 Å². The van der Waals surface area contributed by atoms with Crippen molar-refractivity contribution >= 4 is 23.0 Å². The van der Waals surface area contributed by atoms with Crippen LogP contribution < -0.4 is 11.1 Å². The molecule has 2 heterocycles. The summed E-state index contributed by atoms with van der Waals surface area (Å²) < 4.78 is 5.50. The predicted octanol–water partition coefficient (Wildman–Crippen LogP) is 1.09. The van der Waals surface area contributed by atoms with Crippen LogP contribution in [0.25, 0.3) is 0 Å². The Hall–Kier alpha value is -1.27. The molecule has 2 atom stereocenters. The van der Waals surface area contributed by atoms with Gasteiger partial charge in [0.2, 0.25) is 0 Å². The molecule has 3 N–H and O–H groups in total. The van der Waals surface area contributed by atoms with E-state index in [4.69, 9.17) is 22.7 Å². The predicted molar refractivity (Wildman–Crippen MR) is 70.0 cm³/mol. The van der Waals surface area contributed by atoms with Crippen molar-refractivity contribution in [2.45, 2.75) is 31.9 Å². The third-order valence-electron chi connectivity index (χ3n) is 2.76. The molecular formula is C11H16N4OS. The maximum Gasteiger partial charge on any atom is 0.155 e. The van der Waals surface area contributed by atoms with Gasteiger partial charge >= 0.3 is 0 Å². The van der Waals surface area contributed by atoms with Crippen molar-refractivity contribution in [2.75, 3.05) is 11.9 Å². The molecule has 92 valence electrons. The second-order valence-electron chi connectivity index (χ2n) is 4.16. The number of nitrogens with zero attached hydrogens (tertiary/aromatic N) is 2. The van der Waals surface area contributed by atoms with E-state index in [1.807, 2.05) is 0 Å². The summed E-state index contributed by atoms with van der Waals surface area (Å²) in [6, 6.07) is 0.337. The SMILES string of the molecule is CC1CC(Nc2nccnc2C(N)=S)CCO1. The van der Waals surface area contributed by atoms with Crippen LogP contribution in [0.4, 0.5) is 5.82 Å². The van der Waals surface area contributed by atoms with Gasteiger partial charge in [0, 0.05) is 25.0 Å². The van der Waals surface area contributed by atoms with Gasteiger partial charge in [-0.3, -0.25) is 0 Å². The molecule has 1 aromatic rings. The molecule has 1 saturated heterocycles. The zero-order valence-electron chi connectivity index (χ0n) is 9.72. The molecule has 2 unspecified atom stereocenters. The second kappa shape index (κ2) is 5.37. The largest absolute Gasteiger partial charge is 0.388 e. The Kier molecular flexibility index (Phi) is 3.86. The average Bonchev–Trinajstić information content (AvgIpc) is 2.29. The molecule has 0 spiro atoms. The van der Waals surface area contributed by atoms with Gasteiger partial charge in [0.15, 0.2) is 5.82 Å². The normalized spacial score (nSPS) is 24.3. The van der Waals surface area contributed by atoms with E-state index in [1.54, 1.807) is 12.4 Å². The van der Waals surface area contributed by atoms with Crippen LogP contribution in [0.5, 0.6) is 0 Å². The smallest absolute Gasteiger partial charge is 0.155 e. The number of hydrogen-bond acceptors (Lipinski definition) is 5. The Labute approximate surface area is 106 Å². The van der Waals surface area contributed by atoms with Crippen LogP contribution in [0, 0.1) is 0 Å². The minimum Gasteiger partial charge on any atom is -0.388 e. The van der Waals surface area contributed by atoms with Crippen molar-refractivity contribution in [3.63, 3.8) is 0 Å². The first-order chi connectivity index (χ1) is 8.16. The van der Waals surface area contributed by atoms with Gasteiger partial charge in [-0.2, -0.15) is 0 Å². The molecule has 1 aliphatic rings. The molecule has 0 aliphatic carbocycles. The highest BCUT2D eigenvalue weighted by atomic mass is 32.1. The van der Waals surface area contributed by atoms with Gasteiger partial charge in [0.1, 0.15) is 10.7 Å². The van der Waals surface area contributed by atoms with E-state index < -0.39 is 0 Å². The van der Waals surface area contributed by atoms with Gasteiger partial charge in [0.25, 0.3) is 0 Å². The van der Waals surface area contributed by atoms with E-state index in [2.05, 4.69) is 22.2 Å². The lowest BCUT2D eigenvalue weighted by molar-refractivity contribution is 0.0231. The number of hydrogen-bond donors (Lipinski definition) is 2. The minimum atomic E-state index is 0.265. The molecule has 0 saturated carbocycles. The van der Waals surface area contributed by atoms with E-state index in [-0.39, 0.29) is 11.1 Å². The lowest BCUT2D eigenvalue weighted by Gasteiger charge is -2.28. The van der Waals surface area contributed by atoms with E-state index >= 15 is 0 Å². The van der Waals surface area contributed by atoms with Crippen LogP contribution in [0.1, 0.15) is 25.5 Å². The van der Waals surface area contributed by atoms with Crippen molar-refractivity contribution in [1.29, 1.82) is 0 Å². The quantitative estimate of drug-likeness (QED) is 0.785. The van der Waals surface area contributed by atoms with Crippen LogP contribution in [-0.4, -0.2) is 33.7 Å². The summed E-state index contributed by atoms with van der Waals surface area (Å²) in [6.07, 6.45) is 5.40. The van der Waals surface area contributed by atoms with Gasteiger partial charge in [-0.15, -0.1) is 0 Å². The summed E-state index contributed by atoms with van der Waals surface area (Å²) in [4.78, 5) is 8.64. The lowest BCUT2D eigenvalue weighted by atomic mass is 10.0. The number of anilines is 1. The molecule has 0 radical (unpaired) electrons. The first-order valence-electron chi connectivity index (χ1n) is 5.65. The van der Waals surface area contributed by atoms with Crippen LogP contribution >= 0.6 is 12.2 Å². The van der Waals surface area contributed by atoms with Gasteiger partial charge in [-0.1, -0.05) is 12.2 Å². The molecule has 1 aromatic heterocycles. The van der Waals surface area contributed by atoms with Gasteiger partial charge in [-0.05, 0) is 19.8 Å². The third kappa shape index (κ3) is 3.10. The van der Waals surface area contributed by atoms with Crippen LogP contribution in [0.2, 0.25) is 0 Å². The van der Waals surface area contributed by atoms with E-state index in [0.29, 0.717) is 17.6 Å². The number of rotatable bonds is 3. The van der Waals surface area contributed by atoms with Crippen molar-refractivity contribution < 1.29 is 4.74 Å². The van der Waals surface area contributed by atoms with Crippen LogP contribution in [0.3, 0.4) is 0 Å². The van der Waals surface area contributed by atoms with Crippen molar-refractivity contribution in [3.05, 3.63) is 18.1 Å². The second-order valence-corrected chi connectivity index (χ2v) is 4.60. The summed E-state index contributed by atoms with van der Waals surface area (Å²) in [6.45, 7) is 2.83. The fraction of sp³-hybridized carbons (Fsp3) is 0.545. The maximum atomic E-state index is 5.61. The summed E-state index contributed by atoms with van der Waals surface area (Å²) in [5.74, 6) is 0.666. The number of aromatic nitrogens is 2. The molecular weight excluding hydrogens is 236 g/mol. The highest BCUT2D eigenvalue weighted by Crippen LogP contribution is 2.18. The number of nitrogens with two attached hydrogens (primary N) is 1. The van der Waals surface area contributed by atoms with E-state index in [9.17, 15) is 0 Å². The number of thiocarbonyl (C=S) groups is 1. The Morgan fingerprint density at radius 3 is 3.00 bits per heavy atom. The van der Waals surface area contributed by atoms with Crippen molar-refractivity contribution in [3.8, 4) is 0 Å². The Balaban J connectivity index is 2.10. The zero-order valence-corrected chi connectivity index (χ0v) is 10.5. The van der Waals surface area contributed by atoms with Gasteiger partial charge in [-0.25, -0.2) is 9.97 Å². The molecule has 5 nitrogen and oxygen atoms in total. The minimum absolute atomic E-state index is 0.265. The maximum absolute atomic E-state index is 5.61. The zero-order chi connectivity index (χ0) is 12.3. The summed E-state index contributed by atoms with van der Waals surface area (Å²) in [5.41, 5.74) is 6.17. The summed E-state index contributed by atoms with van der Waals surface area (Å²) in [5, 5.41) is 3.34. The summed E-state index contributed by atoms with van der Waals surface area (Å²) in [7, 11) is 0. The molecule has 1 aliphatic heterocycles. The van der Waals surface area contributed by atoms with Crippen LogP contribution in [-0.2, 0) is 4.74 Å². The molecule has 1 fully saturated rings. The van der Waals surface area contributed by atoms with E-state index in [1.165, 1.54) is 0 Å². The Morgan fingerprint density at radius 1 is 1.53 bits per heavy atom.